The average molecular weight is 86.1 g/mol. The molecule has 0 aliphatic carbocycles. The lowest BCUT2D eigenvalue weighted by molar-refractivity contribution is 0.883. The van der Waals surface area contributed by atoms with E-state index < -0.39 is 0 Å². The number of nitrogens with two attached hydrogens (primary N) is 1. The molecule has 0 radical (unpaired) electrons. The molecule has 2 nitrogen and oxygen atoms in total. The van der Waals surface area contributed by atoms with Crippen LogP contribution in [0.15, 0.2) is 11.8 Å². The fraction of sp³-hybridized carbons (Fsp3) is 0.500. The topological polar surface area (TPSA) is 38.0 Å². The summed E-state index contributed by atoms with van der Waals surface area (Å²) in [5.41, 5.74) is 3.47. The molecule has 3 N–H and O–H groups in total. The van der Waals surface area contributed by atoms with Crippen molar-refractivity contribution >= 4 is 0 Å². The van der Waals surface area contributed by atoms with Gasteiger partial charge < -0.3 is 5.43 Å². The predicted molar refractivity (Wildman–Crippen MR) is 26.8 cm³/mol. The Bertz CT molecular complexity index is 56.6. The van der Waals surface area contributed by atoms with Crippen molar-refractivity contribution in [1.82, 2.24) is 5.43 Å². The molecule has 0 spiro atoms. The first kappa shape index (κ1) is 5.50. The van der Waals surface area contributed by atoms with Gasteiger partial charge >= 0.3 is 0 Å². The molecule has 0 aromatic heterocycles. The Morgan fingerprint density at radius 3 is 2.33 bits per heavy atom. The van der Waals surface area contributed by atoms with Crippen molar-refractivity contribution in [2.24, 2.45) is 5.84 Å². The third kappa shape index (κ3) is 1.79. The second-order valence-electron chi connectivity index (χ2n) is 1.12. The van der Waals surface area contributed by atoms with Gasteiger partial charge in [-0.3, -0.25) is 5.84 Å². The van der Waals surface area contributed by atoms with Gasteiger partial charge in [0.2, 0.25) is 0 Å². The zero-order valence-electron chi connectivity index (χ0n) is 4.15. The van der Waals surface area contributed by atoms with Crippen molar-refractivity contribution in [1.29, 1.82) is 0 Å². The molecule has 0 amide bonds. The minimum absolute atomic E-state index is 0.995. The predicted octanol–water partition coefficient (Wildman–Crippen LogP) is 0.373. The number of nitrogens with one attached hydrogen (secondary N) is 1. The zero-order chi connectivity index (χ0) is 4.99. The van der Waals surface area contributed by atoms with Crippen LogP contribution in [0.5, 0.6) is 0 Å². The summed E-state index contributed by atoms with van der Waals surface area (Å²) < 4.78 is 0. The van der Waals surface area contributed by atoms with Gasteiger partial charge in [0.1, 0.15) is 0 Å². The molecule has 0 heterocycles. The standard InChI is InChI=1S/C4H10N2/c1-3-4(2)6-5/h3,6H,5H2,1-2H3/b4-3+. The summed E-state index contributed by atoms with van der Waals surface area (Å²) in [5, 5.41) is 0. The van der Waals surface area contributed by atoms with E-state index in [0.29, 0.717) is 0 Å². The lowest BCUT2D eigenvalue weighted by Gasteiger charge is -1.91. The molecule has 0 saturated heterocycles. The number of rotatable bonds is 1. The third-order valence-electron chi connectivity index (χ3n) is 0.661. The molecule has 0 aromatic rings. The van der Waals surface area contributed by atoms with E-state index in [1.165, 1.54) is 0 Å². The summed E-state index contributed by atoms with van der Waals surface area (Å²) in [5.74, 6) is 4.96. The van der Waals surface area contributed by atoms with Gasteiger partial charge in [-0.2, -0.15) is 0 Å². The Morgan fingerprint density at radius 2 is 2.33 bits per heavy atom. The van der Waals surface area contributed by atoms with Gasteiger partial charge in [0.25, 0.3) is 0 Å². The van der Waals surface area contributed by atoms with Crippen molar-refractivity contribution in [2.75, 3.05) is 0 Å². The molecule has 0 unspecified atom stereocenters. The van der Waals surface area contributed by atoms with E-state index in [0.717, 1.165) is 5.70 Å². The molecule has 36 valence electrons. The summed E-state index contributed by atoms with van der Waals surface area (Å²) in [4.78, 5) is 0. The fourth-order valence-corrected chi connectivity index (χ4v) is 0.0833. The number of hydrazine groups is 1. The molecule has 0 atom stereocenters. The Morgan fingerprint density at radius 1 is 1.83 bits per heavy atom. The first-order valence-corrected chi connectivity index (χ1v) is 1.90. The van der Waals surface area contributed by atoms with E-state index in [2.05, 4.69) is 5.43 Å². The van der Waals surface area contributed by atoms with E-state index in [9.17, 15) is 0 Å². The van der Waals surface area contributed by atoms with Crippen LogP contribution in [0.25, 0.3) is 0 Å². The quantitative estimate of drug-likeness (QED) is 0.357. The van der Waals surface area contributed by atoms with Gasteiger partial charge in [-0.05, 0) is 13.8 Å². The highest BCUT2D eigenvalue weighted by molar-refractivity contribution is 4.89. The van der Waals surface area contributed by atoms with Crippen molar-refractivity contribution in [3.8, 4) is 0 Å². The van der Waals surface area contributed by atoms with Gasteiger partial charge in [-0.25, -0.2) is 0 Å². The van der Waals surface area contributed by atoms with Crippen LogP contribution in [0.4, 0.5) is 0 Å². The molecule has 0 aliphatic heterocycles. The number of hydrogen-bond acceptors (Lipinski definition) is 2. The second-order valence-corrected chi connectivity index (χ2v) is 1.12. The highest BCUT2D eigenvalue weighted by atomic mass is 15.2. The maximum Gasteiger partial charge on any atom is 0.0185 e. The average Bonchev–Trinajstić information content (AvgIpc) is 1.65. The van der Waals surface area contributed by atoms with Gasteiger partial charge in [-0.15, -0.1) is 0 Å². The van der Waals surface area contributed by atoms with E-state index >= 15 is 0 Å². The smallest absolute Gasteiger partial charge is 0.0185 e. The number of allylic oxidation sites excluding steroid dienone is 2. The van der Waals surface area contributed by atoms with E-state index in [-0.39, 0.29) is 0 Å². The van der Waals surface area contributed by atoms with Gasteiger partial charge in [0.15, 0.2) is 0 Å². The van der Waals surface area contributed by atoms with Crippen LogP contribution < -0.4 is 11.3 Å². The number of hydrogen-bond donors (Lipinski definition) is 2. The monoisotopic (exact) mass is 86.1 g/mol. The molecule has 2 heteroatoms. The Hall–Kier alpha value is -0.500. The molecular weight excluding hydrogens is 76.1 g/mol. The summed E-state index contributed by atoms with van der Waals surface area (Å²) in [7, 11) is 0. The molecule has 0 saturated carbocycles. The van der Waals surface area contributed by atoms with Crippen molar-refractivity contribution < 1.29 is 0 Å². The zero-order valence-corrected chi connectivity index (χ0v) is 4.15. The van der Waals surface area contributed by atoms with Crippen LogP contribution in [-0.4, -0.2) is 0 Å². The van der Waals surface area contributed by atoms with Crippen LogP contribution in [0, 0.1) is 0 Å². The Labute approximate surface area is 38.0 Å². The third-order valence-corrected chi connectivity index (χ3v) is 0.661. The second kappa shape index (κ2) is 2.72. The summed E-state index contributed by atoms with van der Waals surface area (Å²) in [6.45, 7) is 3.83. The first-order valence-electron chi connectivity index (χ1n) is 1.90. The van der Waals surface area contributed by atoms with E-state index in [4.69, 9.17) is 5.84 Å². The molecular formula is C4H10N2. The van der Waals surface area contributed by atoms with Crippen LogP contribution >= 0.6 is 0 Å². The molecule has 0 aromatic carbocycles. The minimum Gasteiger partial charge on any atom is -0.329 e. The minimum atomic E-state index is 0.995. The SMILES string of the molecule is C/C=C(\C)NN. The molecule has 0 aliphatic rings. The van der Waals surface area contributed by atoms with Crippen molar-refractivity contribution in [3.05, 3.63) is 11.8 Å². The Kier molecular flexibility index (Phi) is 2.50. The van der Waals surface area contributed by atoms with Crippen molar-refractivity contribution in [2.45, 2.75) is 13.8 Å². The molecule has 0 bridgehead atoms. The maximum absolute atomic E-state index is 4.96. The van der Waals surface area contributed by atoms with Gasteiger partial charge in [-0.1, -0.05) is 6.08 Å². The van der Waals surface area contributed by atoms with Crippen LogP contribution in [-0.2, 0) is 0 Å². The largest absolute Gasteiger partial charge is 0.329 e. The van der Waals surface area contributed by atoms with Crippen molar-refractivity contribution in [3.63, 3.8) is 0 Å². The maximum atomic E-state index is 4.96. The van der Waals surface area contributed by atoms with Gasteiger partial charge in [0.05, 0.1) is 0 Å². The normalized spacial score (nSPS) is 11.5. The van der Waals surface area contributed by atoms with Crippen LogP contribution in [0.2, 0.25) is 0 Å². The Balaban J connectivity index is 3.22. The van der Waals surface area contributed by atoms with Crippen LogP contribution in [0.1, 0.15) is 13.8 Å². The molecule has 0 rings (SSSR count). The lowest BCUT2D eigenvalue weighted by Crippen LogP contribution is -2.18. The lowest BCUT2D eigenvalue weighted by atomic mass is 10.5. The van der Waals surface area contributed by atoms with Gasteiger partial charge in [0, 0.05) is 5.70 Å². The van der Waals surface area contributed by atoms with E-state index in [1.807, 2.05) is 19.9 Å². The molecule has 0 fully saturated rings. The van der Waals surface area contributed by atoms with Crippen LogP contribution in [0.3, 0.4) is 0 Å². The highest BCUT2D eigenvalue weighted by Crippen LogP contribution is 1.76. The highest BCUT2D eigenvalue weighted by Gasteiger charge is 1.69. The summed E-state index contributed by atoms with van der Waals surface area (Å²) in [6.07, 6.45) is 1.90. The van der Waals surface area contributed by atoms with E-state index in [1.54, 1.807) is 0 Å². The summed E-state index contributed by atoms with van der Waals surface area (Å²) in [6, 6.07) is 0. The summed E-state index contributed by atoms with van der Waals surface area (Å²) >= 11 is 0. The molecule has 6 heavy (non-hydrogen) atoms. The first-order chi connectivity index (χ1) is 2.81. The fourth-order valence-electron chi connectivity index (χ4n) is 0.0833.